The average Bonchev–Trinajstić information content (AvgIpc) is 3.26. The molecule has 1 unspecified atom stereocenters. The van der Waals surface area contributed by atoms with Crippen LogP contribution in [0.2, 0.25) is 0 Å². The van der Waals surface area contributed by atoms with E-state index < -0.39 is 11.6 Å². The molecule has 7 nitrogen and oxygen atoms in total. The van der Waals surface area contributed by atoms with Crippen LogP contribution < -0.4 is 14.8 Å². The van der Waals surface area contributed by atoms with Crippen LogP contribution in [-0.2, 0) is 26.1 Å². The van der Waals surface area contributed by atoms with Gasteiger partial charge in [0, 0.05) is 31.6 Å². The number of fused-ring (bicyclic) bond motifs is 2. The first-order chi connectivity index (χ1) is 15.0. The van der Waals surface area contributed by atoms with Crippen LogP contribution >= 0.6 is 0 Å². The Labute approximate surface area is 180 Å². The molecule has 1 fully saturated rings. The van der Waals surface area contributed by atoms with Crippen LogP contribution in [-0.4, -0.2) is 44.0 Å². The number of carbonyl (C=O) groups is 2. The second-order valence-electron chi connectivity index (χ2n) is 8.60. The number of ether oxygens (including phenoxy) is 4. The summed E-state index contributed by atoms with van der Waals surface area (Å²) < 4.78 is 22.2. The quantitative estimate of drug-likeness (QED) is 0.762. The van der Waals surface area contributed by atoms with Crippen molar-refractivity contribution in [1.29, 1.82) is 0 Å². The van der Waals surface area contributed by atoms with E-state index in [1.165, 1.54) is 0 Å². The summed E-state index contributed by atoms with van der Waals surface area (Å²) in [6, 6.07) is 13.2. The molecule has 1 N–H and O–H groups in total. The predicted octanol–water partition coefficient (Wildman–Crippen LogP) is 2.75. The molecule has 0 radical (unpaired) electrons. The van der Waals surface area contributed by atoms with Gasteiger partial charge in [0.1, 0.15) is 0 Å². The molecule has 1 saturated heterocycles. The number of benzene rings is 2. The minimum Gasteiger partial charge on any atom is -0.454 e. The monoisotopic (exact) mass is 423 g/mol. The van der Waals surface area contributed by atoms with Gasteiger partial charge in [0.15, 0.2) is 17.1 Å². The molecule has 0 aliphatic carbocycles. The van der Waals surface area contributed by atoms with Crippen LogP contribution in [0.3, 0.4) is 0 Å². The van der Waals surface area contributed by atoms with Crippen LogP contribution in [0.5, 0.6) is 11.5 Å². The fraction of sp³-hybridized carbons (Fsp3) is 0.417. The lowest BCUT2D eigenvalue weighted by Crippen LogP contribution is -2.54. The Morgan fingerprint density at radius 2 is 1.84 bits per heavy atom. The highest BCUT2D eigenvalue weighted by atomic mass is 16.7. The lowest BCUT2D eigenvalue weighted by Gasteiger charge is -2.39. The fourth-order valence-electron chi connectivity index (χ4n) is 4.65. The summed E-state index contributed by atoms with van der Waals surface area (Å²) in [7, 11) is 0. The summed E-state index contributed by atoms with van der Waals surface area (Å²) in [6.07, 6.45) is 1.89. The van der Waals surface area contributed by atoms with Gasteiger partial charge in [-0.05, 0) is 49.1 Å². The van der Waals surface area contributed by atoms with E-state index in [-0.39, 0.29) is 18.1 Å². The molecule has 5 rings (SSSR count). The molecule has 3 aliphatic rings. The first kappa shape index (κ1) is 19.9. The molecule has 1 atom stereocenters. The van der Waals surface area contributed by atoms with E-state index in [9.17, 15) is 9.59 Å². The van der Waals surface area contributed by atoms with Crippen molar-refractivity contribution in [2.75, 3.05) is 26.6 Å². The molecule has 162 valence electrons. The van der Waals surface area contributed by atoms with Gasteiger partial charge in [0.2, 0.25) is 6.79 Å². The van der Waals surface area contributed by atoms with E-state index in [2.05, 4.69) is 5.32 Å². The second kappa shape index (κ2) is 7.57. The number of carbonyl (C=O) groups excluding carboxylic acids is 2. The van der Waals surface area contributed by atoms with Crippen LogP contribution in [0.1, 0.15) is 41.3 Å². The van der Waals surface area contributed by atoms with Crippen LogP contribution in [0, 0.1) is 0 Å². The smallest absolute Gasteiger partial charge is 0.339 e. The molecule has 0 saturated carbocycles. The summed E-state index contributed by atoms with van der Waals surface area (Å²) in [5.74, 6) is 0.702. The van der Waals surface area contributed by atoms with Crippen molar-refractivity contribution < 1.29 is 28.5 Å². The number of hydrogen-bond acceptors (Lipinski definition) is 6. The first-order valence-electron chi connectivity index (χ1n) is 10.6. The molecular weight excluding hydrogens is 398 g/mol. The van der Waals surface area contributed by atoms with Gasteiger partial charge in [-0.2, -0.15) is 0 Å². The van der Waals surface area contributed by atoms with E-state index in [0.717, 1.165) is 35.5 Å². The van der Waals surface area contributed by atoms with Gasteiger partial charge >= 0.3 is 5.97 Å². The summed E-state index contributed by atoms with van der Waals surface area (Å²) in [4.78, 5) is 25.7. The Morgan fingerprint density at radius 1 is 1.06 bits per heavy atom. The number of esters is 1. The average molecular weight is 423 g/mol. The second-order valence-corrected chi connectivity index (χ2v) is 8.60. The third-order valence-electron chi connectivity index (χ3n) is 6.59. The maximum Gasteiger partial charge on any atom is 0.339 e. The molecule has 2 aromatic carbocycles. The fourth-order valence-corrected chi connectivity index (χ4v) is 4.65. The Hall–Kier alpha value is -3.06. The Bertz CT molecular complexity index is 1030. The normalized spacial score (nSPS) is 23.6. The highest BCUT2D eigenvalue weighted by Crippen LogP contribution is 2.40. The van der Waals surface area contributed by atoms with Crippen molar-refractivity contribution in [3.8, 4) is 11.5 Å². The minimum atomic E-state index is -1.24. The van der Waals surface area contributed by atoms with Crippen molar-refractivity contribution in [3.05, 3.63) is 59.2 Å². The third-order valence-corrected chi connectivity index (χ3v) is 6.59. The van der Waals surface area contributed by atoms with Crippen LogP contribution in [0.25, 0.3) is 0 Å². The van der Waals surface area contributed by atoms with Crippen molar-refractivity contribution >= 4 is 11.9 Å². The van der Waals surface area contributed by atoms with Gasteiger partial charge in [-0.15, -0.1) is 0 Å². The summed E-state index contributed by atoms with van der Waals surface area (Å²) in [6.45, 7) is 3.54. The standard InChI is InChI=1S/C24H25NO6/c1-23(13-16-4-2-3-5-18(16)21(26)31-23)22(27)25-14-24(8-10-28-11-9-24)17-6-7-19-20(12-17)30-15-29-19/h2-7,12H,8-11,13-15H2,1H3,(H,25,27). The van der Waals surface area contributed by atoms with E-state index >= 15 is 0 Å². The lowest BCUT2D eigenvalue weighted by atomic mass is 9.73. The molecular formula is C24H25NO6. The summed E-state index contributed by atoms with van der Waals surface area (Å²) in [5.41, 5.74) is 0.896. The predicted molar refractivity (Wildman–Crippen MR) is 111 cm³/mol. The molecule has 7 heteroatoms. The first-order valence-corrected chi connectivity index (χ1v) is 10.6. The number of nitrogens with one attached hydrogen (secondary N) is 1. The van der Waals surface area contributed by atoms with Crippen molar-refractivity contribution in [3.63, 3.8) is 0 Å². The Kier molecular flexibility index (Phi) is 4.85. The summed E-state index contributed by atoms with van der Waals surface area (Å²) in [5, 5.41) is 3.08. The molecule has 0 bridgehead atoms. The summed E-state index contributed by atoms with van der Waals surface area (Å²) >= 11 is 0. The number of amides is 1. The molecule has 0 spiro atoms. The third kappa shape index (κ3) is 3.53. The van der Waals surface area contributed by atoms with Crippen molar-refractivity contribution in [2.45, 2.75) is 37.2 Å². The number of hydrogen-bond donors (Lipinski definition) is 1. The minimum absolute atomic E-state index is 0.219. The SMILES string of the molecule is CC1(C(=O)NCC2(c3ccc4c(c3)OCO4)CCOCC2)Cc2ccccc2C(=O)O1. The largest absolute Gasteiger partial charge is 0.454 e. The maximum atomic E-state index is 13.2. The van der Waals surface area contributed by atoms with Gasteiger partial charge < -0.3 is 24.3 Å². The highest BCUT2D eigenvalue weighted by molar-refractivity contribution is 5.97. The van der Waals surface area contributed by atoms with Gasteiger partial charge in [0.05, 0.1) is 5.56 Å². The zero-order chi connectivity index (χ0) is 21.5. The van der Waals surface area contributed by atoms with Gasteiger partial charge in [-0.1, -0.05) is 24.3 Å². The maximum absolute atomic E-state index is 13.2. The molecule has 3 aliphatic heterocycles. The topological polar surface area (TPSA) is 83.1 Å². The number of cyclic esters (lactones) is 1. The molecule has 0 aromatic heterocycles. The zero-order valence-corrected chi connectivity index (χ0v) is 17.4. The Balaban J connectivity index is 1.36. The van der Waals surface area contributed by atoms with E-state index in [1.54, 1.807) is 19.1 Å². The zero-order valence-electron chi connectivity index (χ0n) is 17.4. The van der Waals surface area contributed by atoms with Crippen molar-refractivity contribution in [1.82, 2.24) is 5.32 Å². The van der Waals surface area contributed by atoms with Crippen LogP contribution in [0.4, 0.5) is 0 Å². The van der Waals surface area contributed by atoms with Gasteiger partial charge in [0.25, 0.3) is 5.91 Å². The van der Waals surface area contributed by atoms with Gasteiger partial charge in [-0.25, -0.2) is 4.79 Å². The van der Waals surface area contributed by atoms with E-state index in [1.807, 2.05) is 30.3 Å². The molecule has 2 aromatic rings. The molecule has 3 heterocycles. The number of rotatable bonds is 4. The van der Waals surface area contributed by atoms with E-state index in [4.69, 9.17) is 18.9 Å². The highest BCUT2D eigenvalue weighted by Gasteiger charge is 2.44. The van der Waals surface area contributed by atoms with E-state index in [0.29, 0.717) is 31.7 Å². The lowest BCUT2D eigenvalue weighted by molar-refractivity contribution is -0.140. The molecule has 31 heavy (non-hydrogen) atoms. The molecule has 1 amide bonds. The van der Waals surface area contributed by atoms with Crippen LogP contribution in [0.15, 0.2) is 42.5 Å². The van der Waals surface area contributed by atoms with Gasteiger partial charge in [-0.3, -0.25) is 4.79 Å². The van der Waals surface area contributed by atoms with Crippen molar-refractivity contribution in [2.24, 2.45) is 0 Å². The Morgan fingerprint density at radius 3 is 2.68 bits per heavy atom.